The van der Waals surface area contributed by atoms with Crippen LogP contribution in [-0.4, -0.2) is 67.7 Å². The Kier molecular flexibility index (Phi) is 6.34. The van der Waals surface area contributed by atoms with E-state index < -0.39 is 10.0 Å². The van der Waals surface area contributed by atoms with E-state index in [0.717, 1.165) is 31.5 Å². The minimum Gasteiger partial charge on any atom is -0.341 e. The van der Waals surface area contributed by atoms with Crippen LogP contribution >= 0.6 is 11.3 Å². The number of thiophene rings is 1. The third-order valence-electron chi connectivity index (χ3n) is 5.74. The number of rotatable bonds is 5. The summed E-state index contributed by atoms with van der Waals surface area (Å²) in [7, 11) is -3.44. The molecule has 0 saturated carbocycles. The predicted molar refractivity (Wildman–Crippen MR) is 114 cm³/mol. The second-order valence-electron chi connectivity index (χ2n) is 7.57. The Morgan fingerprint density at radius 1 is 0.862 bits per heavy atom. The zero-order valence-electron chi connectivity index (χ0n) is 16.4. The minimum absolute atomic E-state index is 0.144. The van der Waals surface area contributed by atoms with Crippen molar-refractivity contribution in [1.29, 1.82) is 0 Å². The number of likely N-dealkylation sites (tertiary alicyclic amines) is 1. The molecule has 2 fully saturated rings. The summed E-state index contributed by atoms with van der Waals surface area (Å²) in [5.74, 6) is 0.144. The third-order valence-corrected chi connectivity index (χ3v) is 9.02. The normalized spacial score (nSPS) is 20.5. The molecule has 0 spiro atoms. The lowest BCUT2D eigenvalue weighted by Gasteiger charge is -2.40. The summed E-state index contributed by atoms with van der Waals surface area (Å²) in [6.45, 7) is 3.52. The van der Waals surface area contributed by atoms with Gasteiger partial charge in [-0.3, -0.25) is 9.69 Å². The fourth-order valence-electron chi connectivity index (χ4n) is 4.17. The van der Waals surface area contributed by atoms with Crippen molar-refractivity contribution < 1.29 is 13.2 Å². The third kappa shape index (κ3) is 4.40. The van der Waals surface area contributed by atoms with Gasteiger partial charge in [0.25, 0.3) is 10.0 Å². The van der Waals surface area contributed by atoms with Crippen molar-refractivity contribution >= 4 is 27.3 Å². The van der Waals surface area contributed by atoms with Crippen LogP contribution in [0.2, 0.25) is 0 Å². The number of benzene rings is 1. The van der Waals surface area contributed by atoms with Crippen LogP contribution in [0.4, 0.5) is 0 Å². The maximum atomic E-state index is 13.4. The molecule has 0 radical (unpaired) electrons. The molecule has 2 aliphatic rings. The van der Waals surface area contributed by atoms with Gasteiger partial charge in [-0.25, -0.2) is 8.42 Å². The number of piperidine rings is 1. The van der Waals surface area contributed by atoms with E-state index >= 15 is 0 Å². The molecule has 0 bridgehead atoms. The summed E-state index contributed by atoms with van der Waals surface area (Å²) < 4.78 is 27.6. The van der Waals surface area contributed by atoms with Gasteiger partial charge in [0, 0.05) is 39.3 Å². The molecule has 6 nitrogen and oxygen atoms in total. The molecule has 1 amide bonds. The van der Waals surface area contributed by atoms with E-state index in [9.17, 15) is 13.2 Å². The molecule has 29 heavy (non-hydrogen) atoms. The van der Waals surface area contributed by atoms with Gasteiger partial charge in [0.05, 0.1) is 0 Å². The van der Waals surface area contributed by atoms with Crippen molar-refractivity contribution in [1.82, 2.24) is 14.1 Å². The SMILES string of the molecule is O=C([C@@H](c1ccccc1)N1CCN(S(=O)(=O)c2cccs2)CC1)N1CCCCC1. The smallest absolute Gasteiger partial charge is 0.252 e. The lowest BCUT2D eigenvalue weighted by atomic mass is 10.0. The van der Waals surface area contributed by atoms with E-state index in [0.29, 0.717) is 30.4 Å². The van der Waals surface area contributed by atoms with Crippen LogP contribution in [0.5, 0.6) is 0 Å². The van der Waals surface area contributed by atoms with Crippen LogP contribution in [0.1, 0.15) is 30.9 Å². The number of carbonyl (C=O) groups is 1. The van der Waals surface area contributed by atoms with E-state index in [4.69, 9.17) is 0 Å². The molecule has 0 aliphatic carbocycles. The maximum Gasteiger partial charge on any atom is 0.252 e. The Balaban J connectivity index is 1.51. The Morgan fingerprint density at radius 2 is 1.55 bits per heavy atom. The molecule has 1 atom stereocenters. The standard InChI is InChI=1S/C21H27N3O3S2/c25-21(23-11-5-2-6-12-23)20(18-8-3-1-4-9-18)22-13-15-24(16-14-22)29(26,27)19-10-7-17-28-19/h1,3-4,7-10,17,20H,2,5-6,11-16H2/t20-/m1/s1. The van der Waals surface area contributed by atoms with E-state index in [2.05, 4.69) is 4.90 Å². The first-order valence-electron chi connectivity index (χ1n) is 10.2. The number of sulfonamides is 1. The highest BCUT2D eigenvalue weighted by Gasteiger charge is 2.36. The molecule has 8 heteroatoms. The molecule has 1 aromatic heterocycles. The zero-order valence-corrected chi connectivity index (χ0v) is 18.1. The van der Waals surface area contributed by atoms with Gasteiger partial charge in [-0.05, 0) is 36.3 Å². The monoisotopic (exact) mass is 433 g/mol. The Labute approximate surface area is 176 Å². The number of hydrogen-bond donors (Lipinski definition) is 0. The molecule has 3 heterocycles. The number of piperazine rings is 1. The van der Waals surface area contributed by atoms with Crippen LogP contribution in [0.15, 0.2) is 52.1 Å². The number of hydrogen-bond acceptors (Lipinski definition) is 5. The van der Waals surface area contributed by atoms with Crippen LogP contribution in [0, 0.1) is 0 Å². The summed E-state index contributed by atoms with van der Waals surface area (Å²) in [6, 6.07) is 12.9. The zero-order chi connectivity index (χ0) is 20.3. The lowest BCUT2D eigenvalue weighted by molar-refractivity contribution is -0.138. The van der Waals surface area contributed by atoms with Crippen molar-refractivity contribution in [3.05, 3.63) is 53.4 Å². The fraction of sp³-hybridized carbons (Fsp3) is 0.476. The minimum atomic E-state index is -3.44. The largest absolute Gasteiger partial charge is 0.341 e. The van der Waals surface area contributed by atoms with Gasteiger partial charge in [0.15, 0.2) is 0 Å². The summed E-state index contributed by atoms with van der Waals surface area (Å²) in [4.78, 5) is 17.5. The van der Waals surface area contributed by atoms with Crippen molar-refractivity contribution in [2.75, 3.05) is 39.3 Å². The van der Waals surface area contributed by atoms with Crippen molar-refractivity contribution in [2.45, 2.75) is 29.5 Å². The fourth-order valence-corrected chi connectivity index (χ4v) is 6.74. The molecule has 2 aromatic rings. The molecule has 2 aliphatic heterocycles. The predicted octanol–water partition coefficient (Wildman–Crippen LogP) is 2.81. The highest BCUT2D eigenvalue weighted by Crippen LogP contribution is 2.28. The van der Waals surface area contributed by atoms with Gasteiger partial charge in [0.1, 0.15) is 10.3 Å². The summed E-state index contributed by atoms with van der Waals surface area (Å²) in [5.41, 5.74) is 0.984. The Morgan fingerprint density at radius 3 is 2.17 bits per heavy atom. The van der Waals surface area contributed by atoms with Gasteiger partial charge in [-0.1, -0.05) is 36.4 Å². The van der Waals surface area contributed by atoms with E-state index in [1.54, 1.807) is 21.8 Å². The summed E-state index contributed by atoms with van der Waals surface area (Å²) in [6.07, 6.45) is 3.29. The average molecular weight is 434 g/mol. The number of carbonyl (C=O) groups excluding carboxylic acids is 1. The van der Waals surface area contributed by atoms with Gasteiger partial charge in [-0.15, -0.1) is 11.3 Å². The van der Waals surface area contributed by atoms with E-state index in [1.807, 2.05) is 35.2 Å². The van der Waals surface area contributed by atoms with Crippen LogP contribution < -0.4 is 0 Å². The van der Waals surface area contributed by atoms with Gasteiger partial charge < -0.3 is 4.90 Å². The van der Waals surface area contributed by atoms with Crippen molar-refractivity contribution in [3.63, 3.8) is 0 Å². The molecule has 1 aromatic carbocycles. The molecule has 2 saturated heterocycles. The van der Waals surface area contributed by atoms with Gasteiger partial charge in [-0.2, -0.15) is 4.31 Å². The lowest BCUT2D eigenvalue weighted by Crippen LogP contribution is -2.53. The van der Waals surface area contributed by atoms with E-state index in [1.165, 1.54) is 17.8 Å². The first kappa shape index (κ1) is 20.5. The summed E-state index contributed by atoms with van der Waals surface area (Å²) >= 11 is 1.25. The molecular weight excluding hydrogens is 406 g/mol. The topological polar surface area (TPSA) is 60.9 Å². The van der Waals surface area contributed by atoms with Gasteiger partial charge >= 0.3 is 0 Å². The highest BCUT2D eigenvalue weighted by molar-refractivity contribution is 7.91. The first-order chi connectivity index (χ1) is 14.1. The first-order valence-corrected chi connectivity index (χ1v) is 12.5. The van der Waals surface area contributed by atoms with Crippen LogP contribution in [-0.2, 0) is 14.8 Å². The quantitative estimate of drug-likeness (QED) is 0.728. The van der Waals surface area contributed by atoms with Crippen LogP contribution in [0.3, 0.4) is 0 Å². The van der Waals surface area contributed by atoms with Gasteiger partial charge in [0.2, 0.25) is 5.91 Å². The molecule has 4 rings (SSSR count). The highest BCUT2D eigenvalue weighted by atomic mass is 32.2. The molecule has 0 N–H and O–H groups in total. The van der Waals surface area contributed by atoms with E-state index in [-0.39, 0.29) is 11.9 Å². The molecule has 0 unspecified atom stereocenters. The van der Waals surface area contributed by atoms with Crippen molar-refractivity contribution in [3.8, 4) is 0 Å². The Hall–Kier alpha value is -1.74. The Bertz CT molecular complexity index is 902. The summed E-state index contributed by atoms with van der Waals surface area (Å²) in [5, 5.41) is 1.78. The average Bonchev–Trinajstić information content (AvgIpc) is 3.32. The second-order valence-corrected chi connectivity index (χ2v) is 10.7. The van der Waals surface area contributed by atoms with Crippen molar-refractivity contribution in [2.24, 2.45) is 0 Å². The van der Waals surface area contributed by atoms with Crippen LogP contribution in [0.25, 0.3) is 0 Å². The number of amides is 1. The second kappa shape index (κ2) is 8.95. The maximum absolute atomic E-state index is 13.4. The number of nitrogens with zero attached hydrogens (tertiary/aromatic N) is 3. The molecule has 156 valence electrons. The molecular formula is C21H27N3O3S2.